The number of rotatable bonds is 6. The van der Waals surface area contributed by atoms with Gasteiger partial charge >= 0.3 is 0 Å². The van der Waals surface area contributed by atoms with Crippen molar-refractivity contribution >= 4 is 0 Å². The molecule has 0 spiro atoms. The van der Waals surface area contributed by atoms with Gasteiger partial charge in [-0.25, -0.2) is 4.39 Å². The maximum absolute atomic E-state index is 13.5. The van der Waals surface area contributed by atoms with Crippen molar-refractivity contribution in [2.75, 3.05) is 6.61 Å². The van der Waals surface area contributed by atoms with Crippen molar-refractivity contribution in [1.29, 1.82) is 0 Å². The SMILES string of the molecule is CCCCCOc1cccc(F)c1[C@H](C)N. The molecule has 16 heavy (non-hydrogen) atoms. The van der Waals surface area contributed by atoms with E-state index < -0.39 is 0 Å². The highest BCUT2D eigenvalue weighted by molar-refractivity contribution is 5.36. The van der Waals surface area contributed by atoms with Gasteiger partial charge in [-0.05, 0) is 25.5 Å². The van der Waals surface area contributed by atoms with Gasteiger partial charge in [0, 0.05) is 11.6 Å². The number of hydrogen-bond acceptors (Lipinski definition) is 2. The third kappa shape index (κ3) is 3.49. The fourth-order valence-electron chi connectivity index (χ4n) is 1.62. The Balaban J connectivity index is 2.67. The van der Waals surface area contributed by atoms with Gasteiger partial charge in [0.25, 0.3) is 0 Å². The van der Waals surface area contributed by atoms with E-state index in [0.717, 1.165) is 19.3 Å². The fraction of sp³-hybridized carbons (Fsp3) is 0.538. The van der Waals surface area contributed by atoms with Crippen molar-refractivity contribution in [3.8, 4) is 5.75 Å². The Morgan fingerprint density at radius 3 is 2.75 bits per heavy atom. The van der Waals surface area contributed by atoms with Gasteiger partial charge in [0.15, 0.2) is 0 Å². The minimum atomic E-state index is -0.345. The Labute approximate surface area is 96.6 Å². The molecule has 0 amide bonds. The first kappa shape index (κ1) is 13.0. The Hall–Kier alpha value is -1.09. The molecular formula is C13H20FNO. The second-order valence-electron chi connectivity index (χ2n) is 4.00. The molecule has 3 heteroatoms. The molecule has 0 aliphatic heterocycles. The summed E-state index contributed by atoms with van der Waals surface area (Å²) in [4.78, 5) is 0. The van der Waals surface area contributed by atoms with E-state index in [9.17, 15) is 4.39 Å². The molecule has 0 radical (unpaired) electrons. The molecule has 0 aliphatic rings. The van der Waals surface area contributed by atoms with Crippen LogP contribution in [0.25, 0.3) is 0 Å². The first-order chi connectivity index (χ1) is 7.66. The van der Waals surface area contributed by atoms with Crippen molar-refractivity contribution in [2.45, 2.75) is 39.2 Å². The number of benzene rings is 1. The number of hydrogen-bond donors (Lipinski definition) is 1. The molecule has 0 fully saturated rings. The topological polar surface area (TPSA) is 35.2 Å². The maximum Gasteiger partial charge on any atom is 0.131 e. The van der Waals surface area contributed by atoms with Crippen LogP contribution in [0.2, 0.25) is 0 Å². The average Bonchev–Trinajstić information content (AvgIpc) is 2.24. The van der Waals surface area contributed by atoms with Crippen molar-refractivity contribution in [3.63, 3.8) is 0 Å². The summed E-state index contributed by atoms with van der Waals surface area (Å²) in [5.41, 5.74) is 6.20. The molecule has 0 aliphatic carbocycles. The summed E-state index contributed by atoms with van der Waals surface area (Å²) in [5.74, 6) is 0.286. The zero-order valence-electron chi connectivity index (χ0n) is 10.0. The van der Waals surface area contributed by atoms with E-state index in [0.29, 0.717) is 17.9 Å². The van der Waals surface area contributed by atoms with Crippen LogP contribution in [0.15, 0.2) is 18.2 Å². The van der Waals surface area contributed by atoms with E-state index >= 15 is 0 Å². The molecule has 0 aromatic heterocycles. The highest BCUT2D eigenvalue weighted by Crippen LogP contribution is 2.26. The van der Waals surface area contributed by atoms with E-state index in [1.54, 1.807) is 19.1 Å². The predicted octanol–water partition coefficient (Wildman–Crippen LogP) is 3.41. The summed E-state index contributed by atoms with van der Waals surface area (Å²) in [6.07, 6.45) is 3.26. The van der Waals surface area contributed by atoms with Crippen molar-refractivity contribution < 1.29 is 9.13 Å². The Bertz CT molecular complexity index is 326. The van der Waals surface area contributed by atoms with Gasteiger partial charge in [-0.15, -0.1) is 0 Å². The summed E-state index contributed by atoms with van der Waals surface area (Å²) in [7, 11) is 0. The summed E-state index contributed by atoms with van der Waals surface area (Å²) < 4.78 is 19.1. The van der Waals surface area contributed by atoms with Crippen molar-refractivity contribution in [2.24, 2.45) is 5.73 Å². The number of ether oxygens (including phenoxy) is 1. The lowest BCUT2D eigenvalue weighted by Crippen LogP contribution is -2.10. The number of unbranched alkanes of at least 4 members (excludes halogenated alkanes) is 2. The smallest absolute Gasteiger partial charge is 0.131 e. The van der Waals surface area contributed by atoms with E-state index in [4.69, 9.17) is 10.5 Å². The second kappa shape index (κ2) is 6.48. The molecule has 1 atom stereocenters. The van der Waals surface area contributed by atoms with Crippen molar-refractivity contribution in [1.82, 2.24) is 0 Å². The molecule has 0 heterocycles. The van der Waals surface area contributed by atoms with E-state index in [1.807, 2.05) is 0 Å². The molecule has 0 unspecified atom stereocenters. The molecule has 0 saturated heterocycles. The first-order valence-electron chi connectivity index (χ1n) is 5.83. The standard InChI is InChI=1S/C13H20FNO/c1-3-4-5-9-16-12-8-6-7-11(14)13(12)10(2)15/h6-8,10H,3-5,9,15H2,1-2H3/t10-/m0/s1. The zero-order chi connectivity index (χ0) is 12.0. The monoisotopic (exact) mass is 225 g/mol. The Morgan fingerprint density at radius 1 is 1.38 bits per heavy atom. The second-order valence-corrected chi connectivity index (χ2v) is 4.00. The highest BCUT2D eigenvalue weighted by Gasteiger charge is 2.13. The lowest BCUT2D eigenvalue weighted by atomic mass is 10.1. The quantitative estimate of drug-likeness (QED) is 0.753. The zero-order valence-corrected chi connectivity index (χ0v) is 10.0. The molecule has 1 aromatic carbocycles. The van der Waals surface area contributed by atoms with Gasteiger partial charge in [0.2, 0.25) is 0 Å². The Morgan fingerprint density at radius 2 is 2.12 bits per heavy atom. The molecule has 2 N–H and O–H groups in total. The molecular weight excluding hydrogens is 205 g/mol. The molecule has 0 bridgehead atoms. The lowest BCUT2D eigenvalue weighted by Gasteiger charge is -2.14. The van der Waals surface area contributed by atoms with Gasteiger partial charge in [-0.1, -0.05) is 25.8 Å². The van der Waals surface area contributed by atoms with Crippen LogP contribution in [0, 0.1) is 5.82 Å². The summed E-state index contributed by atoms with van der Waals surface area (Å²) in [5, 5.41) is 0. The molecule has 0 saturated carbocycles. The summed E-state index contributed by atoms with van der Waals surface area (Å²) in [6.45, 7) is 4.52. The van der Waals surface area contributed by atoms with Crippen LogP contribution in [-0.2, 0) is 0 Å². The van der Waals surface area contributed by atoms with Gasteiger partial charge in [0.05, 0.1) is 6.61 Å². The van der Waals surface area contributed by atoms with Crippen LogP contribution >= 0.6 is 0 Å². The van der Waals surface area contributed by atoms with Gasteiger partial charge in [-0.2, -0.15) is 0 Å². The van der Waals surface area contributed by atoms with Crippen LogP contribution in [0.4, 0.5) is 4.39 Å². The predicted molar refractivity (Wildman–Crippen MR) is 64.0 cm³/mol. The van der Waals surface area contributed by atoms with E-state index in [2.05, 4.69) is 6.92 Å². The highest BCUT2D eigenvalue weighted by atomic mass is 19.1. The molecule has 90 valence electrons. The number of nitrogens with two attached hydrogens (primary N) is 1. The fourth-order valence-corrected chi connectivity index (χ4v) is 1.62. The summed E-state index contributed by atoms with van der Waals surface area (Å²) in [6, 6.07) is 4.49. The molecule has 1 aromatic rings. The van der Waals surface area contributed by atoms with Crippen LogP contribution in [0.5, 0.6) is 5.75 Å². The van der Waals surface area contributed by atoms with Gasteiger partial charge < -0.3 is 10.5 Å². The van der Waals surface area contributed by atoms with Crippen LogP contribution in [0.1, 0.15) is 44.7 Å². The minimum absolute atomic E-state index is 0.289. The Kier molecular flexibility index (Phi) is 5.26. The summed E-state index contributed by atoms with van der Waals surface area (Å²) >= 11 is 0. The normalized spacial score (nSPS) is 12.5. The molecule has 1 rings (SSSR count). The minimum Gasteiger partial charge on any atom is -0.493 e. The number of halogens is 1. The average molecular weight is 225 g/mol. The molecule has 2 nitrogen and oxygen atoms in total. The van der Waals surface area contributed by atoms with E-state index in [-0.39, 0.29) is 11.9 Å². The third-order valence-electron chi connectivity index (χ3n) is 2.47. The maximum atomic E-state index is 13.5. The lowest BCUT2D eigenvalue weighted by molar-refractivity contribution is 0.299. The van der Waals surface area contributed by atoms with Crippen LogP contribution < -0.4 is 10.5 Å². The largest absolute Gasteiger partial charge is 0.493 e. The van der Waals surface area contributed by atoms with Crippen molar-refractivity contribution in [3.05, 3.63) is 29.6 Å². The van der Waals surface area contributed by atoms with Crippen LogP contribution in [-0.4, -0.2) is 6.61 Å². The van der Waals surface area contributed by atoms with Gasteiger partial charge in [0.1, 0.15) is 11.6 Å². The van der Waals surface area contributed by atoms with Crippen LogP contribution in [0.3, 0.4) is 0 Å². The van der Waals surface area contributed by atoms with Gasteiger partial charge in [-0.3, -0.25) is 0 Å². The third-order valence-corrected chi connectivity index (χ3v) is 2.47. The van der Waals surface area contributed by atoms with E-state index in [1.165, 1.54) is 6.07 Å². The first-order valence-corrected chi connectivity index (χ1v) is 5.83.